The molecule has 20 heavy (non-hydrogen) atoms. The highest BCUT2D eigenvalue weighted by atomic mass is 16.1. The van der Waals surface area contributed by atoms with Crippen LogP contribution in [0.1, 0.15) is 32.9 Å². The van der Waals surface area contributed by atoms with E-state index in [1.54, 1.807) is 0 Å². The molecule has 1 amide bonds. The highest BCUT2D eigenvalue weighted by Crippen LogP contribution is 2.09. The number of carbonyl (C=O) groups excluding carboxylic acids is 1. The number of nitrogens with zero attached hydrogens (tertiary/aromatic N) is 2. The third kappa shape index (κ3) is 6.52. The Bertz CT molecular complexity index is 420. The Morgan fingerprint density at radius 3 is 2.80 bits per heavy atom. The normalized spacial score (nSPS) is 11.1. The fourth-order valence-electron chi connectivity index (χ4n) is 2.07. The molecule has 1 heterocycles. The zero-order valence-corrected chi connectivity index (χ0v) is 12.7. The van der Waals surface area contributed by atoms with Crippen LogP contribution in [0.3, 0.4) is 0 Å². The number of carbonyl (C=O) groups is 1. The summed E-state index contributed by atoms with van der Waals surface area (Å²) in [5.41, 5.74) is 6.26. The number of rotatable bonds is 9. The molecule has 0 unspecified atom stereocenters. The highest BCUT2D eigenvalue weighted by molar-refractivity contribution is 5.75. The Morgan fingerprint density at radius 2 is 2.20 bits per heavy atom. The van der Waals surface area contributed by atoms with Crippen LogP contribution in [0.5, 0.6) is 0 Å². The molecule has 0 aromatic carbocycles. The molecule has 0 radical (unpaired) electrons. The number of primary amides is 1. The van der Waals surface area contributed by atoms with Gasteiger partial charge in [-0.1, -0.05) is 26.8 Å². The molecule has 0 fully saturated rings. The second kappa shape index (κ2) is 8.53. The van der Waals surface area contributed by atoms with Crippen molar-refractivity contribution in [3.8, 4) is 0 Å². The molecule has 5 nitrogen and oxygen atoms in total. The summed E-state index contributed by atoms with van der Waals surface area (Å²) in [4.78, 5) is 17.7. The number of nitrogens with one attached hydrogen (secondary N) is 1. The van der Waals surface area contributed by atoms with Gasteiger partial charge in [0.25, 0.3) is 0 Å². The molecule has 0 aliphatic rings. The van der Waals surface area contributed by atoms with Gasteiger partial charge in [-0.05, 0) is 24.5 Å². The molecule has 1 aromatic rings. The van der Waals surface area contributed by atoms with Gasteiger partial charge in [-0.2, -0.15) is 0 Å². The molecule has 112 valence electrons. The first kappa shape index (κ1) is 16.4. The summed E-state index contributed by atoms with van der Waals surface area (Å²) in [5.74, 6) is 1.06. The van der Waals surface area contributed by atoms with Crippen molar-refractivity contribution in [1.29, 1.82) is 0 Å². The first-order valence-electron chi connectivity index (χ1n) is 7.21. The van der Waals surface area contributed by atoms with E-state index in [1.165, 1.54) is 0 Å². The Morgan fingerprint density at radius 1 is 1.45 bits per heavy atom. The van der Waals surface area contributed by atoms with Gasteiger partial charge in [0.15, 0.2) is 0 Å². The van der Waals surface area contributed by atoms with Crippen molar-refractivity contribution >= 4 is 11.7 Å². The van der Waals surface area contributed by atoms with Crippen molar-refractivity contribution in [3.63, 3.8) is 0 Å². The SMILES string of the molecule is CCCNc1cccc(CN(CC(N)=O)CC(C)C)n1. The van der Waals surface area contributed by atoms with Crippen LogP contribution >= 0.6 is 0 Å². The smallest absolute Gasteiger partial charge is 0.231 e. The van der Waals surface area contributed by atoms with Gasteiger partial charge in [0.2, 0.25) is 5.91 Å². The molecule has 0 atom stereocenters. The molecule has 0 bridgehead atoms. The number of pyridine rings is 1. The lowest BCUT2D eigenvalue weighted by Crippen LogP contribution is -2.36. The lowest BCUT2D eigenvalue weighted by molar-refractivity contribution is -0.119. The largest absolute Gasteiger partial charge is 0.370 e. The molecule has 5 heteroatoms. The molecule has 1 rings (SSSR count). The van der Waals surface area contributed by atoms with Crippen LogP contribution in [0.25, 0.3) is 0 Å². The fourth-order valence-corrected chi connectivity index (χ4v) is 2.07. The molecule has 0 spiro atoms. The zero-order valence-electron chi connectivity index (χ0n) is 12.7. The maximum atomic E-state index is 11.1. The summed E-state index contributed by atoms with van der Waals surface area (Å²) in [5, 5.41) is 3.27. The summed E-state index contributed by atoms with van der Waals surface area (Å²) >= 11 is 0. The molecular weight excluding hydrogens is 252 g/mol. The summed E-state index contributed by atoms with van der Waals surface area (Å²) in [6.45, 7) is 9.02. The van der Waals surface area contributed by atoms with Crippen LogP contribution in [0.4, 0.5) is 5.82 Å². The van der Waals surface area contributed by atoms with Gasteiger partial charge < -0.3 is 11.1 Å². The maximum absolute atomic E-state index is 11.1. The van der Waals surface area contributed by atoms with E-state index in [2.05, 4.69) is 31.1 Å². The van der Waals surface area contributed by atoms with E-state index in [0.717, 1.165) is 31.0 Å². The molecule has 0 saturated carbocycles. The second-order valence-electron chi connectivity index (χ2n) is 5.47. The number of anilines is 1. The van der Waals surface area contributed by atoms with Gasteiger partial charge in [-0.3, -0.25) is 9.69 Å². The summed E-state index contributed by atoms with van der Waals surface area (Å²) in [6.07, 6.45) is 1.06. The van der Waals surface area contributed by atoms with E-state index < -0.39 is 0 Å². The third-order valence-electron chi connectivity index (χ3n) is 2.75. The van der Waals surface area contributed by atoms with E-state index in [1.807, 2.05) is 23.1 Å². The molecule has 0 saturated heterocycles. The van der Waals surface area contributed by atoms with Gasteiger partial charge in [0.1, 0.15) is 5.82 Å². The van der Waals surface area contributed by atoms with E-state index in [-0.39, 0.29) is 12.5 Å². The predicted molar refractivity (Wildman–Crippen MR) is 82.3 cm³/mol. The molecule has 1 aromatic heterocycles. The van der Waals surface area contributed by atoms with Crippen molar-refractivity contribution in [2.45, 2.75) is 33.7 Å². The maximum Gasteiger partial charge on any atom is 0.231 e. The van der Waals surface area contributed by atoms with Crippen molar-refractivity contribution in [2.24, 2.45) is 11.7 Å². The third-order valence-corrected chi connectivity index (χ3v) is 2.75. The lowest BCUT2D eigenvalue weighted by Gasteiger charge is -2.22. The van der Waals surface area contributed by atoms with Gasteiger partial charge >= 0.3 is 0 Å². The van der Waals surface area contributed by atoms with Crippen molar-refractivity contribution in [1.82, 2.24) is 9.88 Å². The zero-order chi connectivity index (χ0) is 15.0. The summed E-state index contributed by atoms with van der Waals surface area (Å²) < 4.78 is 0. The van der Waals surface area contributed by atoms with Gasteiger partial charge in [-0.15, -0.1) is 0 Å². The average Bonchev–Trinajstić information content (AvgIpc) is 2.35. The van der Waals surface area contributed by atoms with Crippen LogP contribution in [0.2, 0.25) is 0 Å². The number of hydrogen-bond donors (Lipinski definition) is 2. The minimum Gasteiger partial charge on any atom is -0.370 e. The van der Waals surface area contributed by atoms with Crippen molar-refractivity contribution < 1.29 is 4.79 Å². The molecule has 0 aliphatic carbocycles. The topological polar surface area (TPSA) is 71.2 Å². The van der Waals surface area contributed by atoms with E-state index in [4.69, 9.17) is 5.73 Å². The predicted octanol–water partition coefficient (Wildman–Crippen LogP) is 1.85. The van der Waals surface area contributed by atoms with Crippen LogP contribution in [0.15, 0.2) is 18.2 Å². The second-order valence-corrected chi connectivity index (χ2v) is 5.47. The van der Waals surface area contributed by atoms with Crippen LogP contribution in [-0.2, 0) is 11.3 Å². The number of aromatic nitrogens is 1. The number of nitrogens with two attached hydrogens (primary N) is 1. The molecular formula is C15H26N4O. The van der Waals surface area contributed by atoms with Crippen LogP contribution in [0, 0.1) is 5.92 Å². The van der Waals surface area contributed by atoms with Gasteiger partial charge in [-0.25, -0.2) is 4.98 Å². The standard InChI is InChI=1S/C15H26N4O/c1-4-8-17-15-7-5-6-13(18-15)10-19(9-12(2)3)11-14(16)20/h5-7,12H,4,8-11H2,1-3H3,(H2,16,20)(H,17,18). The summed E-state index contributed by atoms with van der Waals surface area (Å²) in [7, 11) is 0. The van der Waals surface area contributed by atoms with Gasteiger partial charge in [0, 0.05) is 19.6 Å². The van der Waals surface area contributed by atoms with Crippen LogP contribution in [-0.4, -0.2) is 35.4 Å². The number of hydrogen-bond acceptors (Lipinski definition) is 4. The van der Waals surface area contributed by atoms with Crippen LogP contribution < -0.4 is 11.1 Å². The Labute approximate surface area is 121 Å². The minimum atomic E-state index is -0.300. The first-order valence-corrected chi connectivity index (χ1v) is 7.21. The van der Waals surface area contributed by atoms with Crippen molar-refractivity contribution in [2.75, 3.05) is 25.0 Å². The Balaban J connectivity index is 2.68. The Kier molecular flexibility index (Phi) is 7.01. The van der Waals surface area contributed by atoms with E-state index in [0.29, 0.717) is 12.5 Å². The summed E-state index contributed by atoms with van der Waals surface area (Å²) in [6, 6.07) is 5.92. The van der Waals surface area contributed by atoms with E-state index >= 15 is 0 Å². The fraction of sp³-hybridized carbons (Fsp3) is 0.600. The van der Waals surface area contributed by atoms with E-state index in [9.17, 15) is 4.79 Å². The quantitative estimate of drug-likeness (QED) is 0.723. The first-order chi connectivity index (χ1) is 9.51. The molecule has 0 aliphatic heterocycles. The minimum absolute atomic E-state index is 0.270. The molecule has 3 N–H and O–H groups in total. The Hall–Kier alpha value is -1.62. The van der Waals surface area contributed by atoms with Crippen molar-refractivity contribution in [3.05, 3.63) is 23.9 Å². The number of amides is 1. The van der Waals surface area contributed by atoms with Gasteiger partial charge in [0.05, 0.1) is 12.2 Å². The lowest BCUT2D eigenvalue weighted by atomic mass is 10.2. The average molecular weight is 278 g/mol. The highest BCUT2D eigenvalue weighted by Gasteiger charge is 2.11. The monoisotopic (exact) mass is 278 g/mol.